The van der Waals surface area contributed by atoms with Crippen LogP contribution in [0.4, 0.5) is 0 Å². The van der Waals surface area contributed by atoms with E-state index >= 15 is 0 Å². The lowest BCUT2D eigenvalue weighted by Gasteiger charge is -2.10. The van der Waals surface area contributed by atoms with Crippen LogP contribution in [0, 0.1) is 0 Å². The third-order valence-electron chi connectivity index (χ3n) is 2.01. The van der Waals surface area contributed by atoms with Crippen LogP contribution in [0.25, 0.3) is 0 Å². The SMILES string of the molecule is CC(NCCc1ccc(Cl)s1)/C(N)=N/O. The van der Waals surface area contributed by atoms with Crippen molar-refractivity contribution in [1.82, 2.24) is 5.32 Å². The van der Waals surface area contributed by atoms with Gasteiger partial charge >= 0.3 is 0 Å². The van der Waals surface area contributed by atoms with Crippen molar-refractivity contribution in [3.8, 4) is 0 Å². The molecule has 0 spiro atoms. The molecule has 0 radical (unpaired) electrons. The van der Waals surface area contributed by atoms with E-state index in [1.807, 2.05) is 19.1 Å². The van der Waals surface area contributed by atoms with E-state index in [2.05, 4.69) is 10.5 Å². The molecular formula is C9H14ClN3OS. The summed E-state index contributed by atoms with van der Waals surface area (Å²) in [7, 11) is 0. The Balaban J connectivity index is 2.27. The van der Waals surface area contributed by atoms with Gasteiger partial charge in [-0.15, -0.1) is 11.3 Å². The molecule has 1 rings (SSSR count). The van der Waals surface area contributed by atoms with Crippen molar-refractivity contribution in [3.63, 3.8) is 0 Å². The summed E-state index contributed by atoms with van der Waals surface area (Å²) in [6.45, 7) is 2.62. The third kappa shape index (κ3) is 4.07. The summed E-state index contributed by atoms with van der Waals surface area (Å²) in [5.74, 6) is 0.194. The Morgan fingerprint density at radius 1 is 1.73 bits per heavy atom. The normalized spacial score (nSPS) is 14.1. The molecule has 1 heterocycles. The van der Waals surface area contributed by atoms with E-state index in [9.17, 15) is 0 Å². The van der Waals surface area contributed by atoms with Crippen molar-refractivity contribution in [2.45, 2.75) is 19.4 Å². The van der Waals surface area contributed by atoms with Crippen LogP contribution < -0.4 is 11.1 Å². The van der Waals surface area contributed by atoms with Crippen molar-refractivity contribution in [2.24, 2.45) is 10.9 Å². The predicted octanol–water partition coefficient (Wildman–Crippen LogP) is 1.67. The monoisotopic (exact) mass is 247 g/mol. The van der Waals surface area contributed by atoms with Gasteiger partial charge in [-0.3, -0.25) is 0 Å². The van der Waals surface area contributed by atoms with Gasteiger partial charge in [0.2, 0.25) is 0 Å². The summed E-state index contributed by atoms with van der Waals surface area (Å²) >= 11 is 7.37. The standard InChI is InChI=1S/C9H14ClN3OS/c1-6(9(11)13-14)12-5-4-7-2-3-8(10)15-7/h2-3,6,12,14H,4-5H2,1H3,(H2,11,13). The first-order valence-corrected chi connectivity index (χ1v) is 5.78. The molecule has 1 unspecified atom stereocenters. The molecule has 15 heavy (non-hydrogen) atoms. The minimum atomic E-state index is -0.120. The van der Waals surface area contributed by atoms with Crippen LogP contribution in [0.1, 0.15) is 11.8 Å². The van der Waals surface area contributed by atoms with Gasteiger partial charge in [0.25, 0.3) is 0 Å². The van der Waals surface area contributed by atoms with Gasteiger partial charge in [-0.1, -0.05) is 16.8 Å². The van der Waals surface area contributed by atoms with Gasteiger partial charge in [0.05, 0.1) is 10.4 Å². The molecule has 0 aromatic carbocycles. The molecule has 0 saturated heterocycles. The van der Waals surface area contributed by atoms with Crippen LogP contribution in [0.3, 0.4) is 0 Å². The summed E-state index contributed by atoms with van der Waals surface area (Å²) in [4.78, 5) is 1.22. The van der Waals surface area contributed by atoms with Gasteiger partial charge in [0.15, 0.2) is 5.84 Å². The van der Waals surface area contributed by atoms with Gasteiger partial charge in [-0.05, 0) is 25.5 Å². The van der Waals surface area contributed by atoms with E-state index in [1.54, 1.807) is 11.3 Å². The van der Waals surface area contributed by atoms with Gasteiger partial charge < -0.3 is 16.3 Å². The first-order valence-electron chi connectivity index (χ1n) is 4.58. The highest BCUT2D eigenvalue weighted by Gasteiger charge is 2.06. The number of nitrogens with zero attached hydrogens (tertiary/aromatic N) is 1. The predicted molar refractivity (Wildman–Crippen MR) is 63.9 cm³/mol. The highest BCUT2D eigenvalue weighted by molar-refractivity contribution is 7.16. The van der Waals surface area contributed by atoms with E-state index in [0.29, 0.717) is 0 Å². The van der Waals surface area contributed by atoms with Gasteiger partial charge in [-0.2, -0.15) is 0 Å². The van der Waals surface area contributed by atoms with E-state index in [0.717, 1.165) is 17.3 Å². The molecule has 1 aromatic rings. The number of halogens is 1. The Morgan fingerprint density at radius 2 is 2.47 bits per heavy atom. The van der Waals surface area contributed by atoms with Crippen LogP contribution in [-0.4, -0.2) is 23.6 Å². The number of rotatable bonds is 5. The number of amidine groups is 1. The van der Waals surface area contributed by atoms with Crippen LogP contribution >= 0.6 is 22.9 Å². The van der Waals surface area contributed by atoms with Crippen molar-refractivity contribution >= 4 is 28.8 Å². The first kappa shape index (κ1) is 12.3. The average molecular weight is 248 g/mol. The van der Waals surface area contributed by atoms with E-state index < -0.39 is 0 Å². The molecule has 0 aliphatic carbocycles. The molecule has 4 N–H and O–H groups in total. The maximum Gasteiger partial charge on any atom is 0.156 e. The Kier molecular flexibility index (Phi) is 4.87. The Labute approximate surface area is 97.7 Å². The van der Waals surface area contributed by atoms with Crippen LogP contribution in [-0.2, 0) is 6.42 Å². The number of nitrogens with two attached hydrogens (primary N) is 1. The molecule has 1 aromatic heterocycles. The van der Waals surface area contributed by atoms with Gasteiger partial charge in [0.1, 0.15) is 0 Å². The van der Waals surface area contributed by atoms with Crippen LogP contribution in [0.5, 0.6) is 0 Å². The van der Waals surface area contributed by atoms with E-state index in [4.69, 9.17) is 22.5 Å². The molecule has 1 atom stereocenters. The molecule has 0 fully saturated rings. The zero-order valence-corrected chi connectivity index (χ0v) is 9.98. The molecule has 0 saturated carbocycles. The maximum atomic E-state index is 8.43. The number of thiophene rings is 1. The topological polar surface area (TPSA) is 70.6 Å². The summed E-state index contributed by atoms with van der Waals surface area (Å²) in [6, 6.07) is 3.77. The number of hydrogen-bond acceptors (Lipinski definition) is 4. The van der Waals surface area contributed by atoms with Crippen molar-refractivity contribution in [1.29, 1.82) is 0 Å². The van der Waals surface area contributed by atoms with Crippen molar-refractivity contribution in [3.05, 3.63) is 21.3 Å². The number of hydrogen-bond donors (Lipinski definition) is 3. The zero-order chi connectivity index (χ0) is 11.3. The van der Waals surface area contributed by atoms with E-state index in [-0.39, 0.29) is 11.9 Å². The smallest absolute Gasteiger partial charge is 0.156 e. The second-order valence-electron chi connectivity index (χ2n) is 3.16. The quantitative estimate of drug-likeness (QED) is 0.321. The molecule has 84 valence electrons. The summed E-state index contributed by atoms with van der Waals surface area (Å²) in [6.07, 6.45) is 0.889. The molecule has 4 nitrogen and oxygen atoms in total. The Hall–Kier alpha value is -0.780. The second kappa shape index (κ2) is 5.95. The van der Waals surface area contributed by atoms with E-state index in [1.165, 1.54) is 4.88 Å². The fourth-order valence-corrected chi connectivity index (χ4v) is 2.18. The summed E-state index contributed by atoms with van der Waals surface area (Å²) < 4.78 is 0.800. The molecule has 0 amide bonds. The number of nitrogens with one attached hydrogen (secondary N) is 1. The Bertz CT molecular complexity index is 340. The molecule has 0 aliphatic heterocycles. The number of oxime groups is 1. The van der Waals surface area contributed by atoms with Gasteiger partial charge in [-0.25, -0.2) is 0 Å². The Morgan fingerprint density at radius 3 is 3.00 bits per heavy atom. The fraction of sp³-hybridized carbons (Fsp3) is 0.444. The second-order valence-corrected chi connectivity index (χ2v) is 4.96. The highest BCUT2D eigenvalue weighted by atomic mass is 35.5. The molecule has 0 bridgehead atoms. The lowest BCUT2D eigenvalue weighted by Crippen LogP contribution is -2.39. The lowest BCUT2D eigenvalue weighted by molar-refractivity contribution is 0.315. The van der Waals surface area contributed by atoms with Crippen LogP contribution in [0.15, 0.2) is 17.3 Å². The average Bonchev–Trinajstić information content (AvgIpc) is 2.63. The minimum Gasteiger partial charge on any atom is -0.409 e. The highest BCUT2D eigenvalue weighted by Crippen LogP contribution is 2.21. The molecule has 0 aliphatic rings. The molecule has 6 heteroatoms. The summed E-state index contributed by atoms with van der Waals surface area (Å²) in [5.41, 5.74) is 5.42. The van der Waals surface area contributed by atoms with Gasteiger partial charge in [0, 0.05) is 11.4 Å². The minimum absolute atomic E-state index is 0.120. The van der Waals surface area contributed by atoms with Crippen LogP contribution in [0.2, 0.25) is 4.34 Å². The maximum absolute atomic E-state index is 8.43. The molecular weight excluding hydrogens is 234 g/mol. The third-order valence-corrected chi connectivity index (χ3v) is 3.30. The largest absolute Gasteiger partial charge is 0.409 e. The zero-order valence-electron chi connectivity index (χ0n) is 8.40. The summed E-state index contributed by atoms with van der Waals surface area (Å²) in [5, 5.41) is 14.5. The lowest BCUT2D eigenvalue weighted by atomic mass is 10.3. The fourth-order valence-electron chi connectivity index (χ4n) is 1.09. The van der Waals surface area contributed by atoms with Crippen molar-refractivity contribution in [2.75, 3.05) is 6.54 Å². The van der Waals surface area contributed by atoms with Crippen molar-refractivity contribution < 1.29 is 5.21 Å². The first-order chi connectivity index (χ1) is 7.13.